The molecule has 0 bridgehead atoms. The summed E-state index contributed by atoms with van der Waals surface area (Å²) in [6.45, 7) is 3.79. The number of aromatic nitrogens is 2. The topological polar surface area (TPSA) is 73.3 Å². The van der Waals surface area contributed by atoms with Crippen molar-refractivity contribution in [2.75, 3.05) is 18.2 Å². The summed E-state index contributed by atoms with van der Waals surface area (Å²) in [6, 6.07) is 7.13. The first-order valence-electron chi connectivity index (χ1n) is 7.20. The number of rotatable bonds is 8. The normalized spacial score (nSPS) is 11.8. The van der Waals surface area contributed by atoms with Gasteiger partial charge in [-0.2, -0.15) is 0 Å². The molecule has 1 unspecified atom stereocenters. The van der Waals surface area contributed by atoms with Gasteiger partial charge in [-0.3, -0.25) is 10.1 Å². The number of ether oxygens (including phenoxy) is 2. The van der Waals surface area contributed by atoms with E-state index in [2.05, 4.69) is 22.4 Å². The number of nitrogens with zero attached hydrogens (tertiary/aromatic N) is 2. The van der Waals surface area contributed by atoms with E-state index in [4.69, 9.17) is 9.47 Å². The first-order chi connectivity index (χ1) is 11.1. The van der Waals surface area contributed by atoms with Gasteiger partial charge in [0.1, 0.15) is 11.5 Å². The number of anilines is 1. The fourth-order valence-corrected chi connectivity index (χ4v) is 3.33. The Bertz CT molecular complexity index is 648. The predicted octanol–water partition coefficient (Wildman–Crippen LogP) is 3.45. The molecule has 1 atom stereocenters. The number of benzene rings is 1. The van der Waals surface area contributed by atoms with E-state index >= 15 is 0 Å². The fourth-order valence-electron chi connectivity index (χ4n) is 1.65. The highest BCUT2D eigenvalue weighted by molar-refractivity contribution is 8.01. The number of methoxy groups -OCH3 is 1. The lowest BCUT2D eigenvalue weighted by Gasteiger charge is -2.14. The van der Waals surface area contributed by atoms with Crippen LogP contribution in [0.4, 0.5) is 5.13 Å². The second kappa shape index (κ2) is 8.73. The zero-order chi connectivity index (χ0) is 16.7. The largest absolute Gasteiger partial charge is 0.497 e. The van der Waals surface area contributed by atoms with E-state index in [1.54, 1.807) is 44.0 Å². The van der Waals surface area contributed by atoms with Gasteiger partial charge in [0.05, 0.1) is 7.11 Å². The van der Waals surface area contributed by atoms with Crippen molar-refractivity contribution in [2.24, 2.45) is 0 Å². The van der Waals surface area contributed by atoms with Gasteiger partial charge >= 0.3 is 0 Å². The summed E-state index contributed by atoms with van der Waals surface area (Å²) in [5.74, 6) is 1.97. The van der Waals surface area contributed by atoms with E-state index < -0.39 is 6.10 Å². The van der Waals surface area contributed by atoms with E-state index in [9.17, 15) is 4.79 Å². The summed E-state index contributed by atoms with van der Waals surface area (Å²) in [7, 11) is 1.58. The molecule has 6 nitrogen and oxygen atoms in total. The van der Waals surface area contributed by atoms with Crippen molar-refractivity contribution in [2.45, 2.75) is 30.7 Å². The Balaban J connectivity index is 1.90. The van der Waals surface area contributed by atoms with E-state index in [0.29, 0.717) is 16.6 Å². The van der Waals surface area contributed by atoms with Crippen LogP contribution in [0.15, 0.2) is 28.6 Å². The van der Waals surface area contributed by atoms with Crippen LogP contribution in [0.25, 0.3) is 0 Å². The molecule has 0 spiro atoms. The number of carbonyl (C=O) groups excluding carboxylic acids is 1. The van der Waals surface area contributed by atoms with Crippen LogP contribution in [0.2, 0.25) is 0 Å². The molecule has 124 valence electrons. The number of thioether (sulfide) groups is 1. The molecule has 0 aliphatic heterocycles. The van der Waals surface area contributed by atoms with Crippen molar-refractivity contribution in [1.29, 1.82) is 0 Å². The van der Waals surface area contributed by atoms with Crippen molar-refractivity contribution in [3.05, 3.63) is 24.3 Å². The Kier molecular flexibility index (Phi) is 6.66. The highest BCUT2D eigenvalue weighted by Gasteiger charge is 2.17. The quantitative estimate of drug-likeness (QED) is 0.579. The molecule has 8 heteroatoms. The molecule has 1 heterocycles. The van der Waals surface area contributed by atoms with E-state index in [-0.39, 0.29) is 5.91 Å². The van der Waals surface area contributed by atoms with Gasteiger partial charge in [-0.05, 0) is 25.5 Å². The molecule has 0 aliphatic carbocycles. The summed E-state index contributed by atoms with van der Waals surface area (Å²) in [4.78, 5) is 12.2. The highest BCUT2D eigenvalue weighted by Crippen LogP contribution is 2.26. The minimum absolute atomic E-state index is 0.268. The van der Waals surface area contributed by atoms with E-state index in [0.717, 1.165) is 16.5 Å². The summed E-state index contributed by atoms with van der Waals surface area (Å²) in [5.41, 5.74) is 0. The third-order valence-electron chi connectivity index (χ3n) is 2.79. The summed E-state index contributed by atoms with van der Waals surface area (Å²) < 4.78 is 11.6. The maximum atomic E-state index is 12.2. The molecule has 23 heavy (non-hydrogen) atoms. The average molecular weight is 353 g/mol. The molecule has 0 saturated heterocycles. The van der Waals surface area contributed by atoms with Crippen molar-refractivity contribution in [3.63, 3.8) is 0 Å². The first kappa shape index (κ1) is 17.6. The van der Waals surface area contributed by atoms with Gasteiger partial charge in [0.15, 0.2) is 10.4 Å². The third kappa shape index (κ3) is 5.40. The molecule has 2 aromatic rings. The van der Waals surface area contributed by atoms with Crippen LogP contribution in [0, 0.1) is 0 Å². The number of hydrogen-bond acceptors (Lipinski definition) is 7. The minimum Gasteiger partial charge on any atom is -0.497 e. The minimum atomic E-state index is -0.655. The van der Waals surface area contributed by atoms with Gasteiger partial charge in [0.25, 0.3) is 5.91 Å². The Morgan fingerprint density at radius 3 is 2.91 bits per heavy atom. The molecule has 2 rings (SSSR count). The van der Waals surface area contributed by atoms with Gasteiger partial charge in [-0.1, -0.05) is 36.1 Å². The summed E-state index contributed by atoms with van der Waals surface area (Å²) in [5, 5.41) is 11.2. The summed E-state index contributed by atoms with van der Waals surface area (Å²) >= 11 is 3.00. The lowest BCUT2D eigenvalue weighted by atomic mass is 10.3. The molecular weight excluding hydrogens is 334 g/mol. The molecule has 0 fully saturated rings. The molecule has 1 N–H and O–H groups in total. The van der Waals surface area contributed by atoms with Gasteiger partial charge in [0, 0.05) is 11.8 Å². The Hall–Kier alpha value is -1.80. The summed E-state index contributed by atoms with van der Waals surface area (Å²) in [6.07, 6.45) is 0.412. The molecule has 0 aliphatic rings. The Morgan fingerprint density at radius 2 is 2.17 bits per heavy atom. The van der Waals surface area contributed by atoms with E-state index in [1.165, 1.54) is 11.3 Å². The Labute approximate surface area is 143 Å². The molecule has 1 amide bonds. The first-order valence-corrected chi connectivity index (χ1v) is 9.00. The van der Waals surface area contributed by atoms with Crippen molar-refractivity contribution < 1.29 is 14.3 Å². The Morgan fingerprint density at radius 1 is 1.39 bits per heavy atom. The van der Waals surface area contributed by atoms with Gasteiger partial charge in [-0.25, -0.2) is 0 Å². The molecule has 0 saturated carbocycles. The van der Waals surface area contributed by atoms with Crippen molar-refractivity contribution in [3.8, 4) is 11.5 Å². The predicted molar refractivity (Wildman–Crippen MR) is 92.6 cm³/mol. The molecule has 0 radical (unpaired) electrons. The second-order valence-corrected chi connectivity index (χ2v) is 6.97. The second-order valence-electron chi connectivity index (χ2n) is 4.65. The SMILES string of the molecule is CCCSc1nnc(NC(=O)C(C)Oc2cccc(OC)c2)s1. The lowest BCUT2D eigenvalue weighted by molar-refractivity contribution is -0.122. The van der Waals surface area contributed by atoms with Crippen molar-refractivity contribution >= 4 is 34.1 Å². The maximum absolute atomic E-state index is 12.2. The molecular formula is C15H19N3O3S2. The van der Waals surface area contributed by atoms with Crippen LogP contribution in [0.3, 0.4) is 0 Å². The zero-order valence-electron chi connectivity index (χ0n) is 13.2. The molecule has 1 aromatic heterocycles. The average Bonchev–Trinajstić information content (AvgIpc) is 3.00. The maximum Gasteiger partial charge on any atom is 0.266 e. The number of carbonyl (C=O) groups is 1. The van der Waals surface area contributed by atoms with E-state index in [1.807, 2.05) is 6.07 Å². The highest BCUT2D eigenvalue weighted by atomic mass is 32.2. The zero-order valence-corrected chi connectivity index (χ0v) is 14.9. The van der Waals surface area contributed by atoms with Crippen LogP contribution in [0.5, 0.6) is 11.5 Å². The van der Waals surface area contributed by atoms with Gasteiger partial charge in [0.2, 0.25) is 5.13 Å². The number of amides is 1. The standard InChI is InChI=1S/C15H19N3O3S2/c1-4-8-22-15-18-17-14(23-15)16-13(19)10(2)21-12-7-5-6-11(9-12)20-3/h5-7,9-10H,4,8H2,1-3H3,(H,16,17,19). The smallest absolute Gasteiger partial charge is 0.266 e. The van der Waals surface area contributed by atoms with Crippen LogP contribution in [-0.2, 0) is 4.79 Å². The lowest BCUT2D eigenvalue weighted by Crippen LogP contribution is -2.30. The van der Waals surface area contributed by atoms with Crippen LogP contribution in [0.1, 0.15) is 20.3 Å². The number of nitrogens with one attached hydrogen (secondary N) is 1. The van der Waals surface area contributed by atoms with Crippen LogP contribution < -0.4 is 14.8 Å². The monoisotopic (exact) mass is 353 g/mol. The third-order valence-corrected chi connectivity index (χ3v) is 4.97. The number of hydrogen-bond donors (Lipinski definition) is 1. The van der Waals surface area contributed by atoms with Crippen LogP contribution in [-0.4, -0.2) is 35.1 Å². The fraction of sp³-hybridized carbons (Fsp3) is 0.400. The van der Waals surface area contributed by atoms with Crippen molar-refractivity contribution in [1.82, 2.24) is 10.2 Å². The van der Waals surface area contributed by atoms with Gasteiger partial charge < -0.3 is 9.47 Å². The molecule has 1 aromatic carbocycles. The van der Waals surface area contributed by atoms with Crippen LogP contribution >= 0.6 is 23.1 Å². The van der Waals surface area contributed by atoms with Gasteiger partial charge in [-0.15, -0.1) is 10.2 Å².